The topological polar surface area (TPSA) is 68.2 Å². The molecule has 1 atom stereocenters. The Hall–Kier alpha value is -1.83. The maximum Gasteiger partial charge on any atom is 0.455 e. The van der Waals surface area contributed by atoms with E-state index in [-0.39, 0.29) is 0 Å². The smallest absolute Gasteiger partial charge is 0.388 e. The first-order chi connectivity index (χ1) is 10.2. The van der Waals surface area contributed by atoms with Crippen molar-refractivity contribution in [2.24, 2.45) is 0 Å². The van der Waals surface area contributed by atoms with Gasteiger partial charge in [-0.3, -0.25) is 0 Å². The van der Waals surface area contributed by atoms with Crippen molar-refractivity contribution in [1.29, 1.82) is 0 Å². The van der Waals surface area contributed by atoms with Gasteiger partial charge in [0, 0.05) is 0 Å². The zero-order valence-electron chi connectivity index (χ0n) is 11.6. The molecule has 0 spiro atoms. The zero-order valence-corrected chi connectivity index (χ0v) is 18.0. The van der Waals surface area contributed by atoms with Gasteiger partial charge in [-0.25, -0.2) is 0 Å². The normalized spacial score (nSPS) is 15.1. The number of ether oxygens (including phenoxy) is 2. The Morgan fingerprint density at radius 3 is 1.62 bits per heavy atom. The van der Waals surface area contributed by atoms with Gasteiger partial charge < -0.3 is 19.7 Å². The number of rotatable bonds is 11. The van der Waals surface area contributed by atoms with Gasteiger partial charge in [0.2, 0.25) is 0 Å². The summed E-state index contributed by atoms with van der Waals surface area (Å²) in [7, 11) is 0. The Kier molecular flexibility index (Phi) is 8.47. The Labute approximate surface area is 122 Å². The van der Waals surface area contributed by atoms with E-state index in [4.69, 9.17) is 10.2 Å². The van der Waals surface area contributed by atoms with E-state index in [1.54, 1.807) is 0 Å². The Balaban J connectivity index is 0. The molecule has 0 aliphatic rings. The maximum atomic E-state index is 12.9. The predicted molar refractivity (Wildman–Crippen MR) is 51.8 cm³/mol. The molecule has 0 saturated heterocycles. The van der Waals surface area contributed by atoms with Crippen LogP contribution in [0.3, 0.4) is 0 Å². The monoisotopic (exact) mass is 637 g/mol. The fraction of sp³-hybridized carbons (Fsp3) is 1.00. The van der Waals surface area contributed by atoms with Gasteiger partial charge in [0.05, 0.1) is 13.2 Å². The molecule has 1 unspecified atom stereocenters. The summed E-state index contributed by atoms with van der Waals surface area (Å²) >= 11 is 0. The van der Waals surface area contributed by atoms with Gasteiger partial charge in [0.15, 0.2) is 0 Å². The van der Waals surface area contributed by atoms with Crippen molar-refractivity contribution in [2.45, 2.75) is 30.2 Å². The van der Waals surface area contributed by atoms with Crippen LogP contribution in [-0.2, 0) is 14.4 Å². The Bertz CT molecular complexity index is 366. The zero-order chi connectivity index (χ0) is 18.5. The second-order valence-corrected chi connectivity index (χ2v) is 4.22. The molecule has 5 nitrogen and oxygen atoms in total. The molecule has 0 aromatic carbocycles. The van der Waals surface area contributed by atoms with Crippen molar-refractivity contribution in [3.63, 3.8) is 0 Å². The molecule has 0 fully saturated rings. The quantitative estimate of drug-likeness (QED) is 0.339. The minimum absolute atomic E-state index is 0. The largest absolute Gasteiger partial charge is 0.455 e. The third-order valence-corrected chi connectivity index (χ3v) is 2.10. The molecule has 15 heteroatoms. The average Bonchev–Trinajstić information content (AvgIpc) is 2.36. The van der Waals surface area contributed by atoms with Crippen LogP contribution in [0, 0.1) is 0 Å². The number of hydrogen-bond acceptors (Lipinski definition) is 5. The molecule has 0 aromatic rings. The summed E-state index contributed by atoms with van der Waals surface area (Å²) < 4.78 is 119. The summed E-state index contributed by atoms with van der Waals surface area (Å²) in [5.41, 5.74) is 0. The van der Waals surface area contributed by atoms with Crippen LogP contribution in [-0.4, -0.2) is 66.8 Å². The molecule has 0 rings (SSSR count). The van der Waals surface area contributed by atoms with Crippen LogP contribution in [0.1, 0.15) is 0 Å². The van der Waals surface area contributed by atoms with Crippen LogP contribution in [0.5, 0.6) is 0 Å². The van der Waals surface area contributed by atoms with Gasteiger partial charge in [0.1, 0.15) is 19.3 Å². The molecular formula is C9H11F9O5Rf. The van der Waals surface area contributed by atoms with Gasteiger partial charge in [-0.15, -0.1) is 4.94 Å². The second-order valence-electron chi connectivity index (χ2n) is 4.22. The molecule has 0 radical (unpaired) electrons. The van der Waals surface area contributed by atoms with Crippen molar-refractivity contribution in [1.82, 2.24) is 0 Å². The summed E-state index contributed by atoms with van der Waals surface area (Å²) in [6.45, 7) is -6.09. The summed E-state index contributed by atoms with van der Waals surface area (Å²) in [5, 5.41) is 16.9. The van der Waals surface area contributed by atoms with Crippen molar-refractivity contribution < 1.29 is 64.3 Å². The first kappa shape index (κ1) is 24.4. The van der Waals surface area contributed by atoms with Crippen LogP contribution >= 0.6 is 0 Å². The van der Waals surface area contributed by atoms with E-state index in [1.165, 1.54) is 4.94 Å². The van der Waals surface area contributed by atoms with Crippen molar-refractivity contribution in [3.05, 3.63) is 0 Å². The number of alkyl halides is 8. The molecule has 0 saturated carbocycles. The third-order valence-electron chi connectivity index (χ3n) is 2.10. The van der Waals surface area contributed by atoms with E-state index in [1.807, 2.05) is 0 Å². The number of hydrogen-bond donors (Lipinski definition) is 2. The van der Waals surface area contributed by atoms with Gasteiger partial charge in [-0.1, -0.05) is 0 Å². The van der Waals surface area contributed by atoms with Gasteiger partial charge >= 0.3 is 24.1 Å². The van der Waals surface area contributed by atoms with E-state index in [9.17, 15) is 39.6 Å². The van der Waals surface area contributed by atoms with Crippen LogP contribution in [0.15, 0.2) is 0 Å². The summed E-state index contributed by atoms with van der Waals surface area (Å²) in [4.78, 5) is 1.52. The van der Waals surface area contributed by atoms with Gasteiger partial charge in [-0.2, -0.15) is 35.1 Å². The summed E-state index contributed by atoms with van der Waals surface area (Å²) in [6, 6.07) is 0. The third kappa shape index (κ3) is 6.74. The van der Waals surface area contributed by atoms with E-state index in [0.29, 0.717) is 0 Å². The first-order valence-corrected chi connectivity index (χ1v) is 5.53. The minimum atomic E-state index is -6.27. The molecule has 0 bridgehead atoms. The average molecular weight is 637 g/mol. The number of aliphatic hydroxyl groups is 2. The van der Waals surface area contributed by atoms with E-state index in [0.717, 1.165) is 0 Å². The predicted octanol–water partition coefficient (Wildman–Crippen LogP) is 1.73. The minimum Gasteiger partial charge on any atom is -0.388 e. The number of aliphatic hydroxyl groups excluding tert-OH is 1. The van der Waals surface area contributed by atoms with Crippen molar-refractivity contribution in [3.8, 4) is 0 Å². The molecule has 142 valence electrons. The van der Waals surface area contributed by atoms with Gasteiger partial charge in [0.25, 0.3) is 0 Å². The Morgan fingerprint density at radius 2 is 1.25 bits per heavy atom. The van der Waals surface area contributed by atoms with E-state index in [2.05, 4.69) is 9.47 Å². The fourth-order valence-electron chi connectivity index (χ4n) is 1.04. The molecule has 2 N–H and O–H groups in total. The molecule has 0 aliphatic carbocycles. The van der Waals surface area contributed by atoms with Crippen LogP contribution in [0.4, 0.5) is 39.6 Å². The molecular weight excluding hydrogens is 626 g/mol. The van der Waals surface area contributed by atoms with Gasteiger partial charge in [-0.05, 0) is 4.53 Å². The molecule has 0 heterocycles. The second kappa shape index (κ2) is 8.32. The van der Waals surface area contributed by atoms with Crippen LogP contribution < -0.4 is 0 Å². The first-order valence-electron chi connectivity index (χ1n) is 5.53. The van der Waals surface area contributed by atoms with Crippen molar-refractivity contribution >= 4 is 0 Å². The SMILES string of the molecule is OC(COCC(O)(F)F)COCC(F)(F)C(F)(F)C(F)(F)OF.[Rf]. The van der Waals surface area contributed by atoms with Crippen molar-refractivity contribution in [2.75, 3.05) is 26.4 Å². The standard InChI is InChI=1S/C9H11F9O5.Rf/c10-6(11,8(14,15)9(16,17)23-18)3-21-1-5(19)2-22-4-7(12,13)20;/h5,19-20H,1-4H2;. The van der Waals surface area contributed by atoms with Crippen LogP contribution in [0.2, 0.25) is 0 Å². The molecule has 0 amide bonds. The molecule has 0 aromatic heterocycles. The molecule has 0 aliphatic heterocycles. The maximum absolute atomic E-state index is 12.9. The summed E-state index contributed by atoms with van der Waals surface area (Å²) in [5.74, 6) is -11.9. The van der Waals surface area contributed by atoms with E-state index >= 15 is 0 Å². The summed E-state index contributed by atoms with van der Waals surface area (Å²) in [6.07, 6.45) is -12.2. The number of halogens is 9. The Morgan fingerprint density at radius 1 is 0.833 bits per heavy atom. The fourth-order valence-corrected chi connectivity index (χ4v) is 1.04. The molecule has 24 heavy (non-hydrogen) atoms. The van der Waals surface area contributed by atoms with E-state index < -0.39 is 56.6 Å². The van der Waals surface area contributed by atoms with Crippen LogP contribution in [0.25, 0.3) is 0 Å².